The maximum absolute atomic E-state index is 13.5. The van der Waals surface area contributed by atoms with Crippen LogP contribution in [0.4, 0.5) is 13.2 Å². The minimum atomic E-state index is -4.71. The van der Waals surface area contributed by atoms with Crippen molar-refractivity contribution < 1.29 is 18.0 Å². The molecule has 1 N–H and O–H groups in total. The lowest BCUT2D eigenvalue weighted by Crippen LogP contribution is -2.39. The van der Waals surface area contributed by atoms with Crippen molar-refractivity contribution in [1.82, 2.24) is 30.1 Å². The van der Waals surface area contributed by atoms with Crippen molar-refractivity contribution in [3.05, 3.63) is 52.1 Å². The Balaban J connectivity index is 1.93. The fourth-order valence-electron chi connectivity index (χ4n) is 2.96. The van der Waals surface area contributed by atoms with Crippen LogP contribution in [0.1, 0.15) is 18.2 Å². The third-order valence-electron chi connectivity index (χ3n) is 4.12. The van der Waals surface area contributed by atoms with Gasteiger partial charge in [0.2, 0.25) is 5.91 Å². The molecule has 0 unspecified atom stereocenters. The number of tetrazole rings is 1. The molecule has 2 aromatic heterocycles. The number of aromatic nitrogens is 5. The van der Waals surface area contributed by atoms with Crippen LogP contribution in [-0.2, 0) is 24.1 Å². The van der Waals surface area contributed by atoms with Gasteiger partial charge in [-0.15, -0.1) is 5.10 Å². The summed E-state index contributed by atoms with van der Waals surface area (Å²) in [5, 5.41) is 13.2. The first-order valence-electron chi connectivity index (χ1n) is 8.36. The number of rotatable bonds is 5. The van der Waals surface area contributed by atoms with E-state index in [4.69, 9.17) is 0 Å². The molecule has 1 atom stereocenters. The third-order valence-corrected chi connectivity index (χ3v) is 4.12. The molecule has 0 aliphatic heterocycles. The molecule has 0 bridgehead atoms. The summed E-state index contributed by atoms with van der Waals surface area (Å²) < 4.78 is 42.8. The smallest absolute Gasteiger partial charge is 0.350 e. The minimum Gasteiger partial charge on any atom is -0.350 e. The van der Waals surface area contributed by atoms with E-state index >= 15 is 0 Å². The van der Waals surface area contributed by atoms with Crippen LogP contribution in [0.15, 0.2) is 35.4 Å². The molecular formula is C17H17F3N6O2. The van der Waals surface area contributed by atoms with Gasteiger partial charge in [-0.05, 0) is 36.4 Å². The normalized spacial score (nSPS) is 12.9. The number of fused-ring (bicyclic) bond motifs is 1. The molecule has 0 aliphatic carbocycles. The molecule has 0 saturated heterocycles. The second kappa shape index (κ2) is 7.41. The number of nitrogens with zero attached hydrogens (tertiary/aromatic N) is 5. The molecule has 0 radical (unpaired) electrons. The highest BCUT2D eigenvalue weighted by atomic mass is 19.4. The Hall–Kier alpha value is -3.24. The quantitative estimate of drug-likeness (QED) is 0.708. The number of nitrogens with one attached hydrogen (secondary N) is 1. The molecule has 28 heavy (non-hydrogen) atoms. The summed E-state index contributed by atoms with van der Waals surface area (Å²) in [4.78, 5) is 24.2. The summed E-state index contributed by atoms with van der Waals surface area (Å²) in [6, 6.07) is 4.63. The maximum atomic E-state index is 13.5. The van der Waals surface area contributed by atoms with Crippen LogP contribution >= 0.6 is 0 Å². The Kier molecular flexibility index (Phi) is 5.16. The number of amides is 1. The van der Waals surface area contributed by atoms with Crippen molar-refractivity contribution in [3.63, 3.8) is 0 Å². The van der Waals surface area contributed by atoms with Crippen LogP contribution in [0, 0.1) is 6.92 Å². The molecule has 1 amide bonds. The van der Waals surface area contributed by atoms with Crippen LogP contribution in [0.5, 0.6) is 0 Å². The maximum Gasteiger partial charge on any atom is 0.431 e. The van der Waals surface area contributed by atoms with Crippen LogP contribution < -0.4 is 10.7 Å². The number of alkyl halides is 3. The van der Waals surface area contributed by atoms with Gasteiger partial charge in [0.05, 0.1) is 5.52 Å². The highest BCUT2D eigenvalue weighted by Gasteiger charge is 2.35. The lowest BCUT2D eigenvalue weighted by molar-refractivity contribution is -0.143. The van der Waals surface area contributed by atoms with E-state index in [1.54, 1.807) is 26.0 Å². The number of carbonyl (C=O) groups excluding carboxylic acids is 1. The molecule has 3 rings (SSSR count). The molecule has 0 spiro atoms. The highest BCUT2D eigenvalue weighted by Crippen LogP contribution is 2.30. The predicted molar refractivity (Wildman–Crippen MR) is 93.4 cm³/mol. The zero-order valence-corrected chi connectivity index (χ0v) is 15.1. The number of hydrogen-bond donors (Lipinski definition) is 1. The lowest BCUT2D eigenvalue weighted by Gasteiger charge is -2.22. The molecule has 1 aromatic carbocycles. The average molecular weight is 394 g/mol. The van der Waals surface area contributed by atoms with Crippen LogP contribution in [0.2, 0.25) is 0 Å². The standard InChI is InChI=1S/C17H17F3N6O2/c1-10-3-4-13-12(5-10)14(27)6-15(17(18,19)20)26(13)7-11(2)22-16(28)8-25-9-21-23-24-25/h3-6,9,11H,7-8H2,1-2H3,(H,22,28)/t11-/m1/s1. The summed E-state index contributed by atoms with van der Waals surface area (Å²) in [6.07, 6.45) is -3.46. The number of halogens is 3. The second-order valence-corrected chi connectivity index (χ2v) is 6.50. The van der Waals surface area contributed by atoms with Gasteiger partial charge in [0.15, 0.2) is 5.43 Å². The molecule has 0 fully saturated rings. The van der Waals surface area contributed by atoms with Gasteiger partial charge in [-0.25, -0.2) is 4.68 Å². The van der Waals surface area contributed by atoms with Gasteiger partial charge in [0.25, 0.3) is 0 Å². The summed E-state index contributed by atoms with van der Waals surface area (Å²) in [5.74, 6) is -0.449. The van der Waals surface area contributed by atoms with E-state index in [2.05, 4.69) is 20.8 Å². The summed E-state index contributed by atoms with van der Waals surface area (Å²) in [6.45, 7) is 3.00. The first kappa shape index (κ1) is 19.5. The van der Waals surface area contributed by atoms with E-state index in [9.17, 15) is 22.8 Å². The zero-order valence-electron chi connectivity index (χ0n) is 15.1. The van der Waals surface area contributed by atoms with Crippen molar-refractivity contribution in [3.8, 4) is 0 Å². The molecule has 148 valence electrons. The van der Waals surface area contributed by atoms with E-state index < -0.39 is 29.2 Å². The van der Waals surface area contributed by atoms with Gasteiger partial charge < -0.3 is 9.88 Å². The Morgan fingerprint density at radius 1 is 1.29 bits per heavy atom. The zero-order chi connectivity index (χ0) is 20.5. The van der Waals surface area contributed by atoms with Crippen molar-refractivity contribution in [2.24, 2.45) is 0 Å². The second-order valence-electron chi connectivity index (χ2n) is 6.50. The van der Waals surface area contributed by atoms with Gasteiger partial charge in [-0.2, -0.15) is 13.2 Å². The van der Waals surface area contributed by atoms with E-state index in [0.29, 0.717) is 6.07 Å². The largest absolute Gasteiger partial charge is 0.431 e. The van der Waals surface area contributed by atoms with Crippen molar-refractivity contribution in [2.45, 2.75) is 39.2 Å². The lowest BCUT2D eigenvalue weighted by atomic mass is 10.1. The summed E-state index contributed by atoms with van der Waals surface area (Å²) in [7, 11) is 0. The van der Waals surface area contributed by atoms with Crippen molar-refractivity contribution in [2.75, 3.05) is 0 Å². The monoisotopic (exact) mass is 394 g/mol. The number of pyridine rings is 1. The summed E-state index contributed by atoms with van der Waals surface area (Å²) >= 11 is 0. The van der Waals surface area contributed by atoms with Crippen molar-refractivity contribution in [1.29, 1.82) is 0 Å². The van der Waals surface area contributed by atoms with Gasteiger partial charge in [-0.3, -0.25) is 9.59 Å². The minimum absolute atomic E-state index is 0.159. The topological polar surface area (TPSA) is 94.7 Å². The Morgan fingerprint density at radius 2 is 2.04 bits per heavy atom. The molecule has 0 aliphatic rings. The fourth-order valence-corrected chi connectivity index (χ4v) is 2.96. The predicted octanol–water partition coefficient (Wildman–Crippen LogP) is 1.52. The Labute approximate surface area is 157 Å². The molecule has 8 nitrogen and oxygen atoms in total. The van der Waals surface area contributed by atoms with E-state index in [0.717, 1.165) is 10.1 Å². The number of aryl methyl sites for hydroxylation is 1. The molecule has 11 heteroatoms. The molecular weight excluding hydrogens is 377 g/mol. The van der Waals surface area contributed by atoms with Gasteiger partial charge in [-0.1, -0.05) is 11.6 Å². The van der Waals surface area contributed by atoms with E-state index in [1.807, 2.05) is 0 Å². The van der Waals surface area contributed by atoms with E-state index in [1.165, 1.54) is 17.1 Å². The highest BCUT2D eigenvalue weighted by molar-refractivity contribution is 5.80. The Morgan fingerprint density at radius 3 is 2.68 bits per heavy atom. The van der Waals surface area contributed by atoms with Crippen LogP contribution in [-0.4, -0.2) is 36.7 Å². The molecule has 2 heterocycles. The van der Waals surface area contributed by atoms with Gasteiger partial charge in [0.1, 0.15) is 18.6 Å². The number of hydrogen-bond acceptors (Lipinski definition) is 5. The van der Waals surface area contributed by atoms with Gasteiger partial charge in [0, 0.05) is 24.0 Å². The van der Waals surface area contributed by atoms with E-state index in [-0.39, 0.29) is 24.0 Å². The average Bonchev–Trinajstić information content (AvgIpc) is 3.09. The number of carbonyl (C=O) groups is 1. The van der Waals surface area contributed by atoms with Crippen LogP contribution in [0.3, 0.4) is 0 Å². The first-order valence-corrected chi connectivity index (χ1v) is 8.36. The third kappa shape index (κ3) is 4.18. The van der Waals surface area contributed by atoms with Gasteiger partial charge >= 0.3 is 6.18 Å². The summed E-state index contributed by atoms with van der Waals surface area (Å²) in [5.41, 5.74) is -0.834. The molecule has 0 saturated carbocycles. The Bertz CT molecular complexity index is 1060. The fraction of sp³-hybridized carbons (Fsp3) is 0.353. The number of benzene rings is 1. The molecule has 3 aromatic rings. The SMILES string of the molecule is Cc1ccc2c(c1)c(=O)cc(C(F)(F)F)n2C[C@@H](C)NC(=O)Cn1cnnn1. The van der Waals surface area contributed by atoms with Crippen molar-refractivity contribution >= 4 is 16.8 Å². The van der Waals surface area contributed by atoms with Crippen LogP contribution in [0.25, 0.3) is 10.9 Å². The first-order chi connectivity index (χ1) is 13.1.